The van der Waals surface area contributed by atoms with Crippen molar-refractivity contribution in [3.05, 3.63) is 47.0 Å². The van der Waals surface area contributed by atoms with Crippen LogP contribution in [0.15, 0.2) is 41.1 Å². The first-order valence-corrected chi connectivity index (χ1v) is 5.80. The lowest BCUT2D eigenvalue weighted by Gasteiger charge is -2.03. The zero-order chi connectivity index (χ0) is 11.4. The summed E-state index contributed by atoms with van der Waals surface area (Å²) in [7, 11) is 1.88. The maximum atomic E-state index is 4.29. The van der Waals surface area contributed by atoms with Crippen LogP contribution in [-0.2, 0) is 6.54 Å². The van der Waals surface area contributed by atoms with Gasteiger partial charge in [0.05, 0.1) is 6.54 Å². The van der Waals surface area contributed by atoms with Gasteiger partial charge in [0.15, 0.2) is 0 Å². The van der Waals surface area contributed by atoms with Crippen LogP contribution in [0.4, 0.5) is 0 Å². The molecule has 0 bridgehead atoms. The summed E-state index contributed by atoms with van der Waals surface area (Å²) >= 11 is 3.45. The summed E-state index contributed by atoms with van der Waals surface area (Å²) < 4.78 is 1.06. The summed E-state index contributed by atoms with van der Waals surface area (Å²) in [6.07, 6.45) is 3.70. The van der Waals surface area contributed by atoms with E-state index >= 15 is 0 Å². The molecule has 1 aromatic carbocycles. The lowest BCUT2D eigenvalue weighted by Crippen LogP contribution is -2.08. The topological polar surface area (TPSA) is 37.8 Å². The second-order valence-corrected chi connectivity index (χ2v) is 4.34. The Bertz CT molecular complexity index is 468. The van der Waals surface area contributed by atoms with Crippen molar-refractivity contribution in [1.82, 2.24) is 15.3 Å². The van der Waals surface area contributed by atoms with Crippen LogP contribution in [0, 0.1) is 0 Å². The molecule has 0 atom stereocenters. The molecule has 3 nitrogen and oxygen atoms in total. The Hall–Kier alpha value is -1.26. The zero-order valence-electron chi connectivity index (χ0n) is 8.94. The second kappa shape index (κ2) is 5.18. The van der Waals surface area contributed by atoms with Crippen molar-refractivity contribution in [3.63, 3.8) is 0 Å². The molecule has 1 aromatic heterocycles. The fraction of sp³-hybridized carbons (Fsp3) is 0.167. The standard InChI is InChI=1S/C12H12BrN3/c1-14-8-12-15-6-10(7-16-12)9-3-2-4-11(13)5-9/h2-7,14H,8H2,1H3. The molecular formula is C12H12BrN3. The number of benzene rings is 1. The molecule has 0 aliphatic carbocycles. The summed E-state index contributed by atoms with van der Waals surface area (Å²) in [5, 5.41) is 3.02. The molecule has 16 heavy (non-hydrogen) atoms. The van der Waals surface area contributed by atoms with Crippen LogP contribution in [0.5, 0.6) is 0 Å². The van der Waals surface area contributed by atoms with Gasteiger partial charge in [0, 0.05) is 22.4 Å². The van der Waals surface area contributed by atoms with Gasteiger partial charge in [-0.1, -0.05) is 28.1 Å². The maximum absolute atomic E-state index is 4.29. The van der Waals surface area contributed by atoms with E-state index in [1.807, 2.05) is 37.6 Å². The van der Waals surface area contributed by atoms with Gasteiger partial charge in [0.1, 0.15) is 5.82 Å². The van der Waals surface area contributed by atoms with Gasteiger partial charge in [0.25, 0.3) is 0 Å². The molecule has 2 aromatic rings. The van der Waals surface area contributed by atoms with E-state index in [0.717, 1.165) is 21.4 Å². The molecule has 1 N–H and O–H groups in total. The Kier molecular flexibility index (Phi) is 3.64. The summed E-state index contributed by atoms with van der Waals surface area (Å²) in [4.78, 5) is 8.57. The summed E-state index contributed by atoms with van der Waals surface area (Å²) in [6, 6.07) is 8.10. The molecule has 4 heteroatoms. The summed E-state index contributed by atoms with van der Waals surface area (Å²) in [5.74, 6) is 0.807. The predicted octanol–water partition coefficient (Wildman–Crippen LogP) is 2.63. The molecule has 0 spiro atoms. The van der Waals surface area contributed by atoms with Gasteiger partial charge in [0.2, 0.25) is 0 Å². The molecule has 0 aliphatic heterocycles. The smallest absolute Gasteiger partial charge is 0.141 e. The van der Waals surface area contributed by atoms with Crippen LogP contribution in [-0.4, -0.2) is 17.0 Å². The number of nitrogens with one attached hydrogen (secondary N) is 1. The number of rotatable bonds is 3. The molecule has 0 saturated carbocycles. The highest BCUT2D eigenvalue weighted by molar-refractivity contribution is 9.10. The fourth-order valence-corrected chi connectivity index (χ4v) is 1.82. The summed E-state index contributed by atoms with van der Waals surface area (Å²) in [6.45, 7) is 0.693. The van der Waals surface area contributed by atoms with E-state index in [4.69, 9.17) is 0 Å². The molecule has 0 amide bonds. The average Bonchev–Trinajstić information content (AvgIpc) is 2.30. The Labute approximate surface area is 103 Å². The Morgan fingerprint density at radius 2 is 1.94 bits per heavy atom. The number of nitrogens with zero attached hydrogens (tertiary/aromatic N) is 2. The molecule has 0 saturated heterocycles. The van der Waals surface area contributed by atoms with Crippen LogP contribution in [0.3, 0.4) is 0 Å². The number of hydrogen-bond acceptors (Lipinski definition) is 3. The third kappa shape index (κ3) is 2.65. The van der Waals surface area contributed by atoms with Gasteiger partial charge >= 0.3 is 0 Å². The largest absolute Gasteiger partial charge is 0.313 e. The molecule has 0 radical (unpaired) electrons. The molecule has 0 unspecified atom stereocenters. The number of aromatic nitrogens is 2. The second-order valence-electron chi connectivity index (χ2n) is 3.43. The van der Waals surface area contributed by atoms with E-state index in [0.29, 0.717) is 6.54 Å². The SMILES string of the molecule is CNCc1ncc(-c2cccc(Br)c2)cn1. The third-order valence-corrected chi connectivity index (χ3v) is 2.69. The normalized spacial score (nSPS) is 10.4. The van der Waals surface area contributed by atoms with E-state index < -0.39 is 0 Å². The highest BCUT2D eigenvalue weighted by atomic mass is 79.9. The first-order chi connectivity index (χ1) is 7.79. The van der Waals surface area contributed by atoms with Crippen LogP contribution in [0.2, 0.25) is 0 Å². The molecule has 0 fully saturated rings. The minimum atomic E-state index is 0.693. The Morgan fingerprint density at radius 1 is 1.19 bits per heavy atom. The molecular weight excluding hydrogens is 266 g/mol. The van der Waals surface area contributed by atoms with E-state index in [9.17, 15) is 0 Å². The van der Waals surface area contributed by atoms with Crippen LogP contribution >= 0.6 is 15.9 Å². The predicted molar refractivity (Wildman–Crippen MR) is 67.9 cm³/mol. The van der Waals surface area contributed by atoms with Gasteiger partial charge in [-0.25, -0.2) is 9.97 Å². The first-order valence-electron chi connectivity index (χ1n) is 5.01. The maximum Gasteiger partial charge on any atom is 0.141 e. The van der Waals surface area contributed by atoms with Crippen molar-refractivity contribution < 1.29 is 0 Å². The summed E-state index contributed by atoms with van der Waals surface area (Å²) in [5.41, 5.74) is 2.14. The van der Waals surface area contributed by atoms with Gasteiger partial charge in [-0.15, -0.1) is 0 Å². The van der Waals surface area contributed by atoms with Crippen LogP contribution < -0.4 is 5.32 Å². The van der Waals surface area contributed by atoms with Crippen molar-refractivity contribution in [1.29, 1.82) is 0 Å². The minimum Gasteiger partial charge on any atom is -0.313 e. The molecule has 1 heterocycles. The van der Waals surface area contributed by atoms with Gasteiger partial charge in [-0.3, -0.25) is 0 Å². The average molecular weight is 278 g/mol. The Balaban J connectivity index is 2.27. The van der Waals surface area contributed by atoms with E-state index in [1.165, 1.54) is 0 Å². The van der Waals surface area contributed by atoms with E-state index in [1.54, 1.807) is 0 Å². The highest BCUT2D eigenvalue weighted by Crippen LogP contribution is 2.21. The van der Waals surface area contributed by atoms with Crippen molar-refractivity contribution in [2.24, 2.45) is 0 Å². The molecule has 2 rings (SSSR count). The van der Waals surface area contributed by atoms with Crippen molar-refractivity contribution >= 4 is 15.9 Å². The number of hydrogen-bond donors (Lipinski definition) is 1. The Morgan fingerprint density at radius 3 is 2.56 bits per heavy atom. The quantitative estimate of drug-likeness (QED) is 0.937. The van der Waals surface area contributed by atoms with Gasteiger partial charge in [-0.05, 0) is 24.7 Å². The first kappa shape index (κ1) is 11.2. The van der Waals surface area contributed by atoms with Gasteiger partial charge < -0.3 is 5.32 Å². The lowest BCUT2D eigenvalue weighted by molar-refractivity contribution is 0.758. The molecule has 82 valence electrons. The minimum absolute atomic E-state index is 0.693. The van der Waals surface area contributed by atoms with Crippen LogP contribution in [0.25, 0.3) is 11.1 Å². The third-order valence-electron chi connectivity index (χ3n) is 2.20. The van der Waals surface area contributed by atoms with E-state index in [-0.39, 0.29) is 0 Å². The van der Waals surface area contributed by atoms with Crippen molar-refractivity contribution in [2.45, 2.75) is 6.54 Å². The number of halogens is 1. The van der Waals surface area contributed by atoms with Crippen LogP contribution in [0.1, 0.15) is 5.82 Å². The monoisotopic (exact) mass is 277 g/mol. The molecule has 0 aliphatic rings. The van der Waals surface area contributed by atoms with E-state index in [2.05, 4.69) is 37.3 Å². The van der Waals surface area contributed by atoms with Crippen molar-refractivity contribution in [3.8, 4) is 11.1 Å². The zero-order valence-corrected chi connectivity index (χ0v) is 10.5. The fourth-order valence-electron chi connectivity index (χ4n) is 1.42. The lowest BCUT2D eigenvalue weighted by atomic mass is 10.1. The van der Waals surface area contributed by atoms with Crippen molar-refractivity contribution in [2.75, 3.05) is 7.05 Å². The van der Waals surface area contributed by atoms with Gasteiger partial charge in [-0.2, -0.15) is 0 Å². The highest BCUT2D eigenvalue weighted by Gasteiger charge is 2.00.